The molecular weight excluding hydrogens is 372 g/mol. The Morgan fingerprint density at radius 2 is 2.10 bits per heavy atom. The van der Waals surface area contributed by atoms with Crippen LogP contribution in [-0.4, -0.2) is 61.6 Å². The van der Waals surface area contributed by atoms with Gasteiger partial charge in [-0.1, -0.05) is 6.07 Å². The van der Waals surface area contributed by atoms with Crippen LogP contribution in [0.25, 0.3) is 0 Å². The predicted molar refractivity (Wildman–Crippen MR) is 112 cm³/mol. The lowest BCUT2D eigenvalue weighted by molar-refractivity contribution is 0.0507. The Kier molecular flexibility index (Phi) is 6.71. The highest BCUT2D eigenvalue weighted by atomic mass is 16.7. The first-order chi connectivity index (χ1) is 13.8. The molecule has 0 spiro atoms. The molecule has 0 aromatic heterocycles. The molecule has 1 unspecified atom stereocenters. The van der Waals surface area contributed by atoms with Crippen molar-refractivity contribution in [2.24, 2.45) is 4.99 Å². The number of carbonyl (C=O) groups excluding carboxylic acids is 1. The van der Waals surface area contributed by atoms with Crippen molar-refractivity contribution >= 4 is 12.1 Å². The van der Waals surface area contributed by atoms with Crippen molar-refractivity contribution in [2.75, 3.05) is 33.0 Å². The van der Waals surface area contributed by atoms with Gasteiger partial charge in [0, 0.05) is 26.2 Å². The molecule has 8 heteroatoms. The second kappa shape index (κ2) is 9.24. The van der Waals surface area contributed by atoms with Crippen molar-refractivity contribution in [1.29, 1.82) is 0 Å². The van der Waals surface area contributed by atoms with E-state index < -0.39 is 5.60 Å². The summed E-state index contributed by atoms with van der Waals surface area (Å²) < 4.78 is 16.1. The largest absolute Gasteiger partial charge is 0.454 e. The molecular formula is C21H32N4O4. The molecule has 3 rings (SSSR count). The van der Waals surface area contributed by atoms with Gasteiger partial charge in [-0.2, -0.15) is 0 Å². The minimum atomic E-state index is -0.493. The van der Waals surface area contributed by atoms with E-state index in [4.69, 9.17) is 19.2 Å². The second-order valence-corrected chi connectivity index (χ2v) is 8.25. The summed E-state index contributed by atoms with van der Waals surface area (Å²) in [6.45, 7) is 11.0. The average molecular weight is 405 g/mol. The molecule has 2 aliphatic heterocycles. The number of fused-ring (bicyclic) bond motifs is 1. The van der Waals surface area contributed by atoms with Crippen LogP contribution in [0.15, 0.2) is 23.2 Å². The molecule has 2 heterocycles. The molecule has 1 fully saturated rings. The van der Waals surface area contributed by atoms with Crippen molar-refractivity contribution in [3.63, 3.8) is 0 Å². The fraction of sp³-hybridized carbons (Fsp3) is 0.619. The number of rotatable bonds is 5. The molecule has 29 heavy (non-hydrogen) atoms. The van der Waals surface area contributed by atoms with Crippen molar-refractivity contribution in [2.45, 2.75) is 52.2 Å². The smallest absolute Gasteiger partial charge is 0.407 e. The molecule has 0 bridgehead atoms. The normalized spacial score (nSPS) is 18.7. The number of amides is 1. The summed E-state index contributed by atoms with van der Waals surface area (Å²) in [7, 11) is 0. The molecule has 0 radical (unpaired) electrons. The van der Waals surface area contributed by atoms with E-state index in [-0.39, 0.29) is 18.9 Å². The maximum atomic E-state index is 12.0. The first kappa shape index (κ1) is 21.1. The highest BCUT2D eigenvalue weighted by molar-refractivity contribution is 5.80. The van der Waals surface area contributed by atoms with Gasteiger partial charge in [0.15, 0.2) is 17.5 Å². The van der Waals surface area contributed by atoms with Crippen LogP contribution >= 0.6 is 0 Å². The van der Waals surface area contributed by atoms with Gasteiger partial charge < -0.3 is 29.7 Å². The second-order valence-electron chi connectivity index (χ2n) is 8.25. The molecule has 1 atom stereocenters. The number of likely N-dealkylation sites (tertiary alicyclic amines) is 1. The fourth-order valence-electron chi connectivity index (χ4n) is 3.36. The van der Waals surface area contributed by atoms with Gasteiger partial charge >= 0.3 is 6.09 Å². The average Bonchev–Trinajstić information content (AvgIpc) is 3.28. The number of carbonyl (C=O) groups is 1. The number of aliphatic imine (C=N–C) groups is 1. The summed E-state index contributed by atoms with van der Waals surface area (Å²) in [4.78, 5) is 19.0. The van der Waals surface area contributed by atoms with Gasteiger partial charge in [-0.3, -0.25) is 4.99 Å². The Morgan fingerprint density at radius 1 is 1.31 bits per heavy atom. The minimum Gasteiger partial charge on any atom is -0.454 e. The molecule has 1 aromatic rings. The quantitative estimate of drug-likeness (QED) is 0.580. The Bertz CT molecular complexity index is 745. The van der Waals surface area contributed by atoms with Crippen molar-refractivity contribution in [3.8, 4) is 11.5 Å². The van der Waals surface area contributed by atoms with Crippen molar-refractivity contribution < 1.29 is 19.0 Å². The van der Waals surface area contributed by atoms with E-state index in [0.717, 1.165) is 49.9 Å². The van der Waals surface area contributed by atoms with Crippen LogP contribution in [-0.2, 0) is 11.2 Å². The SMILES string of the molecule is CCNC(=NCCc1ccc2c(c1)OCO2)N1CCC(NC(=O)OC(C)(C)C)C1. The lowest BCUT2D eigenvalue weighted by Crippen LogP contribution is -2.44. The van der Waals surface area contributed by atoms with E-state index in [0.29, 0.717) is 6.54 Å². The van der Waals surface area contributed by atoms with E-state index in [1.54, 1.807) is 0 Å². The van der Waals surface area contributed by atoms with E-state index in [9.17, 15) is 4.79 Å². The standard InChI is InChI=1S/C21H32N4O4/c1-5-22-19(23-10-8-15-6-7-17-18(12-15)28-14-27-17)25-11-9-16(13-25)24-20(26)29-21(2,3)4/h6-7,12,16H,5,8-11,13-14H2,1-4H3,(H,22,23)(H,24,26). The molecule has 1 amide bonds. The van der Waals surface area contributed by atoms with E-state index in [1.807, 2.05) is 39.0 Å². The molecule has 1 saturated heterocycles. The highest BCUT2D eigenvalue weighted by Gasteiger charge is 2.27. The first-order valence-electron chi connectivity index (χ1n) is 10.3. The van der Waals surface area contributed by atoms with Gasteiger partial charge in [-0.25, -0.2) is 4.79 Å². The summed E-state index contributed by atoms with van der Waals surface area (Å²) in [6.07, 6.45) is 1.32. The summed E-state index contributed by atoms with van der Waals surface area (Å²) in [6, 6.07) is 6.07. The van der Waals surface area contributed by atoms with E-state index >= 15 is 0 Å². The number of benzene rings is 1. The van der Waals surface area contributed by atoms with Crippen LogP contribution in [0.3, 0.4) is 0 Å². The molecule has 1 aromatic carbocycles. The third-order valence-corrected chi connectivity index (χ3v) is 4.64. The van der Waals surface area contributed by atoms with Gasteiger partial charge in [-0.05, 0) is 58.2 Å². The van der Waals surface area contributed by atoms with Crippen molar-refractivity contribution in [1.82, 2.24) is 15.5 Å². The first-order valence-corrected chi connectivity index (χ1v) is 10.3. The molecule has 2 N–H and O–H groups in total. The summed E-state index contributed by atoms with van der Waals surface area (Å²) in [5.74, 6) is 2.47. The van der Waals surface area contributed by atoms with Gasteiger partial charge in [0.2, 0.25) is 6.79 Å². The van der Waals surface area contributed by atoms with Gasteiger partial charge in [0.1, 0.15) is 5.60 Å². The monoisotopic (exact) mass is 404 g/mol. The zero-order valence-electron chi connectivity index (χ0n) is 17.8. The maximum absolute atomic E-state index is 12.0. The third kappa shape index (κ3) is 6.17. The molecule has 8 nitrogen and oxygen atoms in total. The Morgan fingerprint density at radius 3 is 2.86 bits per heavy atom. The number of alkyl carbamates (subject to hydrolysis) is 1. The molecule has 2 aliphatic rings. The lowest BCUT2D eigenvalue weighted by Gasteiger charge is -2.23. The number of hydrogen-bond acceptors (Lipinski definition) is 5. The van der Waals surface area contributed by atoms with Crippen LogP contribution in [0.2, 0.25) is 0 Å². The molecule has 0 saturated carbocycles. The number of ether oxygens (including phenoxy) is 3. The number of nitrogens with one attached hydrogen (secondary N) is 2. The number of guanidine groups is 1. The Balaban J connectivity index is 1.52. The number of nitrogens with zero attached hydrogens (tertiary/aromatic N) is 2. The summed E-state index contributed by atoms with van der Waals surface area (Å²) >= 11 is 0. The topological polar surface area (TPSA) is 84.4 Å². The van der Waals surface area contributed by atoms with Crippen LogP contribution in [0.4, 0.5) is 4.79 Å². The van der Waals surface area contributed by atoms with Crippen LogP contribution < -0.4 is 20.1 Å². The zero-order chi connectivity index (χ0) is 20.9. The van der Waals surface area contributed by atoms with Gasteiger partial charge in [-0.15, -0.1) is 0 Å². The van der Waals surface area contributed by atoms with Crippen molar-refractivity contribution in [3.05, 3.63) is 23.8 Å². The fourth-order valence-corrected chi connectivity index (χ4v) is 3.36. The summed E-state index contributed by atoms with van der Waals surface area (Å²) in [5.41, 5.74) is 0.674. The lowest BCUT2D eigenvalue weighted by atomic mass is 10.1. The van der Waals surface area contributed by atoms with E-state index in [1.165, 1.54) is 5.56 Å². The van der Waals surface area contributed by atoms with Gasteiger partial charge in [0.05, 0.1) is 6.04 Å². The zero-order valence-corrected chi connectivity index (χ0v) is 17.8. The minimum absolute atomic E-state index is 0.0579. The maximum Gasteiger partial charge on any atom is 0.407 e. The Labute approximate surface area is 172 Å². The molecule has 0 aliphatic carbocycles. The Hall–Kier alpha value is -2.64. The summed E-state index contributed by atoms with van der Waals surface area (Å²) in [5, 5.41) is 6.31. The predicted octanol–water partition coefficient (Wildman–Crippen LogP) is 2.52. The van der Waals surface area contributed by atoms with Crippen LogP contribution in [0.1, 0.15) is 39.7 Å². The van der Waals surface area contributed by atoms with Gasteiger partial charge in [0.25, 0.3) is 0 Å². The highest BCUT2D eigenvalue weighted by Crippen LogP contribution is 2.32. The van der Waals surface area contributed by atoms with Crippen LogP contribution in [0.5, 0.6) is 11.5 Å². The molecule has 160 valence electrons. The van der Waals surface area contributed by atoms with E-state index in [2.05, 4.69) is 22.5 Å². The number of hydrogen-bond donors (Lipinski definition) is 2. The van der Waals surface area contributed by atoms with Crippen LogP contribution in [0, 0.1) is 0 Å². The third-order valence-electron chi connectivity index (χ3n) is 4.64.